The van der Waals surface area contributed by atoms with Crippen molar-refractivity contribution in [3.63, 3.8) is 0 Å². The van der Waals surface area contributed by atoms with Gasteiger partial charge in [-0.2, -0.15) is 0 Å². The Balaban J connectivity index is 1.88. The van der Waals surface area contributed by atoms with Crippen LogP contribution in [0.25, 0.3) is 0 Å². The Kier molecular flexibility index (Phi) is 6.15. The van der Waals surface area contributed by atoms with E-state index in [4.69, 9.17) is 0 Å². The summed E-state index contributed by atoms with van der Waals surface area (Å²) < 4.78 is 23.1. The number of nitrogens with one attached hydrogen (secondary N) is 1. The minimum atomic E-state index is -2.90. The van der Waals surface area contributed by atoms with Gasteiger partial charge in [0.15, 0.2) is 9.84 Å². The zero-order valence-corrected chi connectivity index (χ0v) is 15.8. The van der Waals surface area contributed by atoms with Crippen LogP contribution in [0.15, 0.2) is 0 Å². The van der Waals surface area contributed by atoms with E-state index in [0.29, 0.717) is 12.8 Å². The van der Waals surface area contributed by atoms with Crippen LogP contribution in [-0.2, 0) is 14.6 Å². The van der Waals surface area contributed by atoms with E-state index < -0.39 is 9.84 Å². The first kappa shape index (κ1) is 18.8. The van der Waals surface area contributed by atoms with Crippen molar-refractivity contribution in [2.45, 2.75) is 78.2 Å². The molecule has 0 unspecified atom stereocenters. The Hall–Kier alpha value is -0.580. The maximum atomic E-state index is 12.4. The van der Waals surface area contributed by atoms with Crippen LogP contribution >= 0.6 is 0 Å². The van der Waals surface area contributed by atoms with E-state index in [1.807, 2.05) is 0 Å². The number of carbonyl (C=O) groups excluding carboxylic acids is 1. The lowest BCUT2D eigenvalue weighted by atomic mass is 9.77. The number of amides is 1. The quantitative estimate of drug-likeness (QED) is 0.833. The molecule has 1 N–H and O–H groups in total. The molecule has 0 bridgehead atoms. The topological polar surface area (TPSA) is 63.2 Å². The highest BCUT2D eigenvalue weighted by molar-refractivity contribution is 7.91. The van der Waals surface area contributed by atoms with Gasteiger partial charge in [-0.1, -0.05) is 52.9 Å². The maximum absolute atomic E-state index is 12.4. The first-order chi connectivity index (χ1) is 10.7. The Bertz CT molecular complexity index is 501. The zero-order valence-electron chi connectivity index (χ0n) is 14.9. The van der Waals surface area contributed by atoms with E-state index in [0.717, 1.165) is 12.3 Å². The van der Waals surface area contributed by atoms with E-state index in [9.17, 15) is 13.2 Å². The summed E-state index contributed by atoms with van der Waals surface area (Å²) in [5.74, 6) is 1.19. The van der Waals surface area contributed by atoms with Crippen LogP contribution in [0.1, 0.15) is 72.1 Å². The fourth-order valence-corrected chi connectivity index (χ4v) is 5.80. The summed E-state index contributed by atoms with van der Waals surface area (Å²) in [6.45, 7) is 6.54. The maximum Gasteiger partial charge on any atom is 0.220 e. The van der Waals surface area contributed by atoms with Crippen molar-refractivity contribution in [2.24, 2.45) is 17.3 Å². The largest absolute Gasteiger partial charge is 0.353 e. The van der Waals surface area contributed by atoms with Gasteiger partial charge in [-0.3, -0.25) is 4.79 Å². The third-order valence-corrected chi connectivity index (χ3v) is 7.31. The first-order valence-corrected chi connectivity index (χ1v) is 11.0. The molecule has 2 aliphatic rings. The van der Waals surface area contributed by atoms with Crippen LogP contribution in [0.2, 0.25) is 0 Å². The summed E-state index contributed by atoms with van der Waals surface area (Å²) in [5.41, 5.74) is 0.0366. The third kappa shape index (κ3) is 6.09. The molecule has 0 spiro atoms. The van der Waals surface area contributed by atoms with Crippen molar-refractivity contribution in [3.8, 4) is 0 Å². The van der Waals surface area contributed by atoms with Crippen LogP contribution in [-0.4, -0.2) is 31.9 Å². The molecule has 1 saturated carbocycles. The molecule has 1 aliphatic carbocycles. The van der Waals surface area contributed by atoms with Crippen molar-refractivity contribution in [2.75, 3.05) is 11.5 Å². The summed E-state index contributed by atoms with van der Waals surface area (Å²) in [6.07, 6.45) is 8.59. The summed E-state index contributed by atoms with van der Waals surface area (Å²) in [7, 11) is -2.90. The molecule has 2 rings (SSSR count). The molecule has 2 atom stereocenters. The second-order valence-corrected chi connectivity index (χ2v) is 10.9. The highest BCUT2D eigenvalue weighted by Crippen LogP contribution is 2.32. The molecule has 134 valence electrons. The lowest BCUT2D eigenvalue weighted by Crippen LogP contribution is -2.45. The van der Waals surface area contributed by atoms with Crippen LogP contribution in [0.4, 0.5) is 0 Å². The van der Waals surface area contributed by atoms with Gasteiger partial charge < -0.3 is 5.32 Å². The van der Waals surface area contributed by atoms with Gasteiger partial charge >= 0.3 is 0 Å². The number of hydrogen-bond donors (Lipinski definition) is 1. The molecule has 5 heteroatoms. The van der Waals surface area contributed by atoms with Crippen LogP contribution in [0, 0.1) is 17.3 Å². The number of sulfone groups is 1. The van der Waals surface area contributed by atoms with Crippen molar-refractivity contribution >= 4 is 15.7 Å². The van der Waals surface area contributed by atoms with Gasteiger partial charge in [0.2, 0.25) is 5.91 Å². The molecule has 0 aromatic carbocycles. The van der Waals surface area contributed by atoms with Gasteiger partial charge in [-0.15, -0.1) is 0 Å². The fraction of sp³-hybridized carbons (Fsp3) is 0.944. The Morgan fingerprint density at radius 1 is 1.09 bits per heavy atom. The first-order valence-electron chi connectivity index (χ1n) is 9.15. The summed E-state index contributed by atoms with van der Waals surface area (Å²) in [6, 6.07) is 0.177. The van der Waals surface area contributed by atoms with Gasteiger partial charge in [0, 0.05) is 12.5 Å². The average molecular weight is 344 g/mol. The summed E-state index contributed by atoms with van der Waals surface area (Å²) in [4.78, 5) is 12.4. The van der Waals surface area contributed by atoms with Gasteiger partial charge in [-0.05, 0) is 30.1 Å². The number of rotatable bonds is 5. The van der Waals surface area contributed by atoms with Crippen molar-refractivity contribution < 1.29 is 13.2 Å². The minimum Gasteiger partial charge on any atom is -0.353 e. The van der Waals surface area contributed by atoms with E-state index in [2.05, 4.69) is 26.1 Å². The Labute approximate surface area is 141 Å². The Morgan fingerprint density at radius 2 is 1.74 bits per heavy atom. The van der Waals surface area contributed by atoms with Gasteiger partial charge in [0.05, 0.1) is 11.5 Å². The predicted octanol–water partition coefficient (Wildman–Crippen LogP) is 3.31. The number of carbonyl (C=O) groups is 1. The molecular formula is C18H33NO3S. The zero-order chi connectivity index (χ0) is 17.1. The molecule has 0 radical (unpaired) electrons. The molecule has 1 amide bonds. The van der Waals surface area contributed by atoms with Crippen LogP contribution in [0.5, 0.6) is 0 Å². The van der Waals surface area contributed by atoms with Crippen molar-refractivity contribution in [1.29, 1.82) is 0 Å². The normalized spacial score (nSPS) is 26.8. The molecule has 23 heavy (non-hydrogen) atoms. The summed E-state index contributed by atoms with van der Waals surface area (Å²) >= 11 is 0. The molecule has 4 nitrogen and oxygen atoms in total. The van der Waals surface area contributed by atoms with Gasteiger partial charge in [0.25, 0.3) is 0 Å². The molecule has 1 heterocycles. The summed E-state index contributed by atoms with van der Waals surface area (Å²) in [5, 5.41) is 3.22. The lowest BCUT2D eigenvalue weighted by molar-refractivity contribution is -0.123. The van der Waals surface area contributed by atoms with E-state index in [-0.39, 0.29) is 34.8 Å². The van der Waals surface area contributed by atoms with Crippen molar-refractivity contribution in [3.05, 3.63) is 0 Å². The average Bonchev–Trinajstić information content (AvgIpc) is 2.77. The highest BCUT2D eigenvalue weighted by Gasteiger charge is 2.32. The highest BCUT2D eigenvalue weighted by atomic mass is 32.2. The SMILES string of the molecule is CC(C)(C)[C@@H](CC1CCCCC1)NC(=O)C[C@@H]1CCS(=O)(=O)C1. The smallest absolute Gasteiger partial charge is 0.220 e. The molecule has 0 aromatic heterocycles. The predicted molar refractivity (Wildman–Crippen MR) is 94.0 cm³/mol. The van der Waals surface area contributed by atoms with Crippen molar-refractivity contribution in [1.82, 2.24) is 5.32 Å². The van der Waals surface area contributed by atoms with Gasteiger partial charge in [0.1, 0.15) is 0 Å². The molecule has 1 saturated heterocycles. The fourth-order valence-electron chi connectivity index (χ4n) is 3.93. The lowest BCUT2D eigenvalue weighted by Gasteiger charge is -2.35. The molecule has 1 aliphatic heterocycles. The van der Waals surface area contributed by atoms with E-state index in [1.165, 1.54) is 32.1 Å². The monoisotopic (exact) mass is 343 g/mol. The second-order valence-electron chi connectivity index (χ2n) is 8.70. The number of hydrogen-bond acceptors (Lipinski definition) is 3. The van der Waals surface area contributed by atoms with E-state index in [1.54, 1.807) is 0 Å². The second kappa shape index (κ2) is 7.54. The molecule has 2 fully saturated rings. The minimum absolute atomic E-state index is 0.00954. The van der Waals surface area contributed by atoms with E-state index >= 15 is 0 Å². The third-order valence-electron chi connectivity index (χ3n) is 5.48. The standard InChI is InChI=1S/C18H33NO3S/c1-18(2,3)16(11-14-7-5-4-6-8-14)19-17(20)12-15-9-10-23(21,22)13-15/h14-16H,4-13H2,1-3H3,(H,19,20)/t15-,16+/m0/s1. The van der Waals surface area contributed by atoms with Gasteiger partial charge in [-0.25, -0.2) is 8.42 Å². The van der Waals surface area contributed by atoms with Crippen LogP contribution < -0.4 is 5.32 Å². The Morgan fingerprint density at radius 3 is 2.26 bits per heavy atom. The molecular weight excluding hydrogens is 310 g/mol. The van der Waals surface area contributed by atoms with Crippen LogP contribution in [0.3, 0.4) is 0 Å². The molecule has 0 aromatic rings.